The van der Waals surface area contributed by atoms with Crippen LogP contribution in [-0.2, 0) is 21.5 Å². The maximum Gasteiger partial charge on any atom is 0.254 e. The zero-order chi connectivity index (χ0) is 17.5. The molecule has 2 aliphatic rings. The van der Waals surface area contributed by atoms with Crippen molar-refractivity contribution in [1.29, 1.82) is 0 Å². The molecule has 0 radical (unpaired) electrons. The van der Waals surface area contributed by atoms with Gasteiger partial charge in [-0.2, -0.15) is 0 Å². The highest BCUT2D eigenvalue weighted by Crippen LogP contribution is 2.28. The number of thioether (sulfide) groups is 2. The van der Waals surface area contributed by atoms with E-state index >= 15 is 0 Å². The molecule has 130 valence electrons. The number of hydrogen-bond acceptors (Lipinski definition) is 6. The number of hydrogen-bond donors (Lipinski definition) is 1. The van der Waals surface area contributed by atoms with Gasteiger partial charge in [0.1, 0.15) is 0 Å². The Balaban J connectivity index is 1.76. The van der Waals surface area contributed by atoms with Gasteiger partial charge in [-0.3, -0.25) is 19.0 Å². The van der Waals surface area contributed by atoms with Gasteiger partial charge in [-0.05, 0) is 6.42 Å². The normalized spacial score (nSPS) is 23.9. The molecule has 2 aliphatic heterocycles. The summed E-state index contributed by atoms with van der Waals surface area (Å²) < 4.78 is 1.57. The van der Waals surface area contributed by atoms with E-state index in [9.17, 15) is 14.4 Å². The third-order valence-corrected chi connectivity index (χ3v) is 6.33. The van der Waals surface area contributed by atoms with E-state index in [2.05, 4.69) is 10.3 Å². The minimum atomic E-state index is -0.382. The second-order valence-electron chi connectivity index (χ2n) is 7.15. The summed E-state index contributed by atoms with van der Waals surface area (Å²) in [6.07, 6.45) is 0.683. The van der Waals surface area contributed by atoms with Crippen molar-refractivity contribution >= 4 is 34.5 Å². The number of fused-ring (bicyclic) bond motifs is 1. The molecule has 1 aromatic rings. The van der Waals surface area contributed by atoms with E-state index in [1.54, 1.807) is 10.6 Å². The van der Waals surface area contributed by atoms with Crippen LogP contribution in [0.25, 0.3) is 0 Å². The van der Waals surface area contributed by atoms with Gasteiger partial charge in [0.05, 0.1) is 17.7 Å². The molecule has 3 heterocycles. The van der Waals surface area contributed by atoms with E-state index in [0.717, 1.165) is 11.4 Å². The molecular formula is C16H21N3O3S2. The van der Waals surface area contributed by atoms with Gasteiger partial charge in [0.2, 0.25) is 11.0 Å². The van der Waals surface area contributed by atoms with Crippen molar-refractivity contribution in [2.75, 3.05) is 11.5 Å². The molecule has 0 saturated carbocycles. The number of aromatic nitrogens is 2. The molecule has 0 aliphatic carbocycles. The first-order valence-corrected chi connectivity index (χ1v) is 9.95. The zero-order valence-electron chi connectivity index (χ0n) is 14.0. The Morgan fingerprint density at radius 2 is 2.08 bits per heavy atom. The van der Waals surface area contributed by atoms with Gasteiger partial charge in [-0.15, -0.1) is 0 Å². The van der Waals surface area contributed by atoms with Crippen LogP contribution in [0.4, 0.5) is 0 Å². The summed E-state index contributed by atoms with van der Waals surface area (Å²) in [5.41, 5.74) is 0.453. The third-order valence-electron chi connectivity index (χ3n) is 4.18. The molecule has 1 aromatic heterocycles. The van der Waals surface area contributed by atoms with Crippen LogP contribution >= 0.6 is 23.5 Å². The van der Waals surface area contributed by atoms with Crippen LogP contribution < -0.4 is 10.9 Å². The van der Waals surface area contributed by atoms with Gasteiger partial charge in [0.15, 0.2) is 5.16 Å². The smallest absolute Gasteiger partial charge is 0.254 e. The van der Waals surface area contributed by atoms with Crippen LogP contribution in [-0.4, -0.2) is 38.1 Å². The maximum atomic E-state index is 12.4. The highest BCUT2D eigenvalue weighted by atomic mass is 32.2. The van der Waals surface area contributed by atoms with Crippen molar-refractivity contribution in [3.63, 3.8) is 0 Å². The summed E-state index contributed by atoms with van der Waals surface area (Å²) >= 11 is 2.69. The van der Waals surface area contributed by atoms with Crippen molar-refractivity contribution in [3.05, 3.63) is 22.1 Å². The number of carbonyl (C=O) groups excluding carboxylic acids is 2. The highest BCUT2D eigenvalue weighted by molar-refractivity contribution is 8.14. The van der Waals surface area contributed by atoms with E-state index in [-0.39, 0.29) is 34.0 Å². The fourth-order valence-corrected chi connectivity index (χ4v) is 4.69. The third kappa shape index (κ3) is 3.54. The van der Waals surface area contributed by atoms with Crippen LogP contribution in [0.2, 0.25) is 0 Å². The topological polar surface area (TPSA) is 81.1 Å². The molecule has 2 unspecified atom stereocenters. The summed E-state index contributed by atoms with van der Waals surface area (Å²) in [6.45, 7) is 6.38. The molecule has 2 atom stereocenters. The number of rotatable bonds is 2. The molecule has 0 bridgehead atoms. The lowest BCUT2D eigenvalue weighted by molar-refractivity contribution is -0.127. The molecule has 0 spiro atoms. The van der Waals surface area contributed by atoms with Crippen molar-refractivity contribution in [1.82, 2.24) is 14.9 Å². The minimum Gasteiger partial charge on any atom is -0.345 e. The second-order valence-corrected chi connectivity index (χ2v) is 9.23. The predicted molar refractivity (Wildman–Crippen MR) is 95.4 cm³/mol. The molecule has 1 fully saturated rings. The van der Waals surface area contributed by atoms with E-state index in [1.807, 2.05) is 20.8 Å². The maximum absolute atomic E-state index is 12.4. The Morgan fingerprint density at radius 3 is 2.71 bits per heavy atom. The van der Waals surface area contributed by atoms with Gasteiger partial charge in [-0.25, -0.2) is 4.98 Å². The lowest BCUT2D eigenvalue weighted by atomic mass is 9.92. The van der Waals surface area contributed by atoms with Crippen LogP contribution in [0.15, 0.2) is 16.0 Å². The number of carbonyl (C=O) groups is 2. The first kappa shape index (κ1) is 17.5. The van der Waals surface area contributed by atoms with Crippen molar-refractivity contribution < 1.29 is 9.59 Å². The number of nitrogens with one attached hydrogen (secondary N) is 1. The molecule has 1 amide bonds. The number of amides is 1. The van der Waals surface area contributed by atoms with Crippen molar-refractivity contribution in [2.24, 2.45) is 5.92 Å². The standard InChI is InChI=1S/C16H21N3O3S2/c1-16(2,3)11-6-12(20)19-7-9(8-24-15(19)18-11)13(21)17-10-4-5-23-14(10)22/h6,9-10H,4-5,7-8H2,1-3H3,(H,17,21). The lowest BCUT2D eigenvalue weighted by Crippen LogP contribution is -2.45. The molecule has 1 N–H and O–H groups in total. The van der Waals surface area contributed by atoms with Crippen LogP contribution in [0.1, 0.15) is 32.9 Å². The Labute approximate surface area is 149 Å². The highest BCUT2D eigenvalue weighted by Gasteiger charge is 2.32. The van der Waals surface area contributed by atoms with E-state index in [0.29, 0.717) is 23.9 Å². The predicted octanol–water partition coefficient (Wildman–Crippen LogP) is 1.41. The van der Waals surface area contributed by atoms with Gasteiger partial charge >= 0.3 is 0 Å². The fraction of sp³-hybridized carbons (Fsp3) is 0.625. The van der Waals surface area contributed by atoms with Crippen LogP contribution in [0, 0.1) is 5.92 Å². The van der Waals surface area contributed by atoms with Gasteiger partial charge in [-0.1, -0.05) is 44.3 Å². The van der Waals surface area contributed by atoms with Crippen molar-refractivity contribution in [3.8, 4) is 0 Å². The Hall–Kier alpha value is -1.28. The lowest BCUT2D eigenvalue weighted by Gasteiger charge is -2.27. The van der Waals surface area contributed by atoms with Crippen molar-refractivity contribution in [2.45, 2.75) is 50.4 Å². The molecular weight excluding hydrogens is 346 g/mol. The van der Waals surface area contributed by atoms with Crippen LogP contribution in [0.3, 0.4) is 0 Å². The summed E-state index contributed by atoms with van der Waals surface area (Å²) in [6, 6.07) is 1.17. The summed E-state index contributed by atoms with van der Waals surface area (Å²) in [7, 11) is 0. The molecule has 3 rings (SSSR count). The molecule has 0 aromatic carbocycles. The van der Waals surface area contributed by atoms with E-state index in [4.69, 9.17) is 0 Å². The largest absolute Gasteiger partial charge is 0.345 e. The Kier molecular flexibility index (Phi) is 4.79. The van der Waals surface area contributed by atoms with E-state index < -0.39 is 0 Å². The summed E-state index contributed by atoms with van der Waals surface area (Å²) in [5.74, 6) is 0.854. The minimum absolute atomic E-state index is 0.0286. The first-order chi connectivity index (χ1) is 11.3. The van der Waals surface area contributed by atoms with Gasteiger partial charge < -0.3 is 5.32 Å². The number of nitrogens with zero attached hydrogens (tertiary/aromatic N) is 2. The second kappa shape index (κ2) is 6.55. The monoisotopic (exact) mass is 367 g/mol. The molecule has 24 heavy (non-hydrogen) atoms. The molecule has 1 saturated heterocycles. The van der Waals surface area contributed by atoms with Gasteiger partial charge in [0, 0.05) is 29.5 Å². The molecule has 8 heteroatoms. The summed E-state index contributed by atoms with van der Waals surface area (Å²) in [5, 5.41) is 3.52. The first-order valence-electron chi connectivity index (χ1n) is 7.98. The Bertz CT molecular complexity index is 739. The SMILES string of the molecule is CC(C)(C)c1cc(=O)n2c(n1)SCC(C(=O)NC1CCSC1=O)C2. The Morgan fingerprint density at radius 1 is 1.33 bits per heavy atom. The quantitative estimate of drug-likeness (QED) is 0.796. The average Bonchev–Trinajstić information content (AvgIpc) is 2.91. The summed E-state index contributed by atoms with van der Waals surface area (Å²) in [4.78, 5) is 41.1. The zero-order valence-corrected chi connectivity index (χ0v) is 15.6. The fourth-order valence-electron chi connectivity index (χ4n) is 2.67. The van der Waals surface area contributed by atoms with Crippen LogP contribution in [0.5, 0.6) is 0 Å². The van der Waals surface area contributed by atoms with Gasteiger partial charge in [0.25, 0.3) is 5.56 Å². The average molecular weight is 367 g/mol. The van der Waals surface area contributed by atoms with E-state index in [1.165, 1.54) is 23.5 Å². The molecule has 6 nitrogen and oxygen atoms in total.